The van der Waals surface area contributed by atoms with Gasteiger partial charge in [-0.15, -0.1) is 0 Å². The Labute approximate surface area is 157 Å². The molecule has 0 bridgehead atoms. The van der Waals surface area contributed by atoms with Crippen LogP contribution in [0.2, 0.25) is 0 Å². The first-order valence-corrected chi connectivity index (χ1v) is 8.91. The van der Waals surface area contributed by atoms with Crippen molar-refractivity contribution in [3.8, 4) is 0 Å². The molecule has 3 rings (SSSR count). The smallest absolute Gasteiger partial charge is 0.271 e. The maximum absolute atomic E-state index is 12.2. The third-order valence-corrected chi connectivity index (χ3v) is 4.66. The van der Waals surface area contributed by atoms with Crippen molar-refractivity contribution in [2.75, 3.05) is 6.54 Å². The van der Waals surface area contributed by atoms with Crippen molar-refractivity contribution in [1.82, 2.24) is 19.7 Å². The molecule has 140 valence electrons. The summed E-state index contributed by atoms with van der Waals surface area (Å²) >= 11 is 0. The summed E-state index contributed by atoms with van der Waals surface area (Å²) in [6, 6.07) is 10.1. The molecule has 0 fully saturated rings. The lowest BCUT2D eigenvalue weighted by Crippen LogP contribution is -2.26. The number of carbonyl (C=O) groups excluding carboxylic acids is 2. The van der Waals surface area contributed by atoms with Crippen molar-refractivity contribution in [2.24, 2.45) is 5.73 Å². The van der Waals surface area contributed by atoms with Crippen LogP contribution in [0, 0.1) is 13.8 Å². The molecule has 27 heavy (non-hydrogen) atoms. The van der Waals surface area contributed by atoms with Gasteiger partial charge in [-0.1, -0.05) is 30.3 Å². The van der Waals surface area contributed by atoms with E-state index in [1.807, 2.05) is 44.2 Å². The van der Waals surface area contributed by atoms with E-state index in [9.17, 15) is 9.59 Å². The Balaban J connectivity index is 1.63. The van der Waals surface area contributed by atoms with Crippen LogP contribution in [0.5, 0.6) is 0 Å². The minimum absolute atomic E-state index is 0.00767. The van der Waals surface area contributed by atoms with Gasteiger partial charge in [0.25, 0.3) is 5.91 Å². The number of imidazole rings is 1. The normalized spacial score (nSPS) is 10.9. The molecule has 3 N–H and O–H groups in total. The van der Waals surface area contributed by atoms with Gasteiger partial charge in [-0.3, -0.25) is 14.0 Å². The quantitative estimate of drug-likeness (QED) is 0.666. The monoisotopic (exact) mass is 365 g/mol. The highest BCUT2D eigenvalue weighted by atomic mass is 16.2. The predicted molar refractivity (Wildman–Crippen MR) is 102 cm³/mol. The summed E-state index contributed by atoms with van der Waals surface area (Å²) in [7, 11) is 0. The maximum atomic E-state index is 12.2. The standard InChI is InChI=1S/C20H23N5O2/c1-13-16(14(2)25-12-23-18(19(21)27)20(25)24-13)8-9-17(26)22-11-10-15-6-4-3-5-7-15/h3-7,12H,8-11H2,1-2H3,(H2,21,27)(H,22,26). The molecule has 0 radical (unpaired) electrons. The SMILES string of the molecule is Cc1nc2c(C(N)=O)ncn2c(C)c1CCC(=O)NCCc1ccccc1. The van der Waals surface area contributed by atoms with Crippen LogP contribution in [0.4, 0.5) is 0 Å². The van der Waals surface area contributed by atoms with Gasteiger partial charge in [-0.05, 0) is 37.8 Å². The first kappa shape index (κ1) is 18.6. The highest BCUT2D eigenvalue weighted by Crippen LogP contribution is 2.18. The lowest BCUT2D eigenvalue weighted by Gasteiger charge is -2.12. The number of aryl methyl sites for hydroxylation is 2. The Kier molecular flexibility index (Phi) is 5.49. The first-order chi connectivity index (χ1) is 13.0. The number of nitrogens with one attached hydrogen (secondary N) is 1. The summed E-state index contributed by atoms with van der Waals surface area (Å²) in [5.41, 5.74) is 9.82. The van der Waals surface area contributed by atoms with Crippen LogP contribution in [0.25, 0.3) is 5.65 Å². The van der Waals surface area contributed by atoms with E-state index in [4.69, 9.17) is 5.73 Å². The second-order valence-electron chi connectivity index (χ2n) is 6.50. The molecule has 0 unspecified atom stereocenters. The number of rotatable bonds is 7. The summed E-state index contributed by atoms with van der Waals surface area (Å²) in [6.07, 6.45) is 3.30. The summed E-state index contributed by atoms with van der Waals surface area (Å²) in [4.78, 5) is 32.1. The summed E-state index contributed by atoms with van der Waals surface area (Å²) in [5.74, 6) is -0.595. The molecule has 7 heteroatoms. The number of hydrogen-bond donors (Lipinski definition) is 2. The summed E-state index contributed by atoms with van der Waals surface area (Å²) < 4.78 is 1.75. The zero-order valence-electron chi connectivity index (χ0n) is 15.5. The molecule has 0 aliphatic carbocycles. The van der Waals surface area contributed by atoms with Crippen LogP contribution < -0.4 is 11.1 Å². The molecule has 0 saturated heterocycles. The molecule has 7 nitrogen and oxygen atoms in total. The third kappa shape index (κ3) is 4.13. The predicted octanol–water partition coefficient (Wildman–Crippen LogP) is 1.74. The molecule has 1 aromatic carbocycles. The van der Waals surface area contributed by atoms with Crippen molar-refractivity contribution in [3.63, 3.8) is 0 Å². The van der Waals surface area contributed by atoms with E-state index in [0.717, 1.165) is 23.4 Å². The number of primary amides is 1. The molecular formula is C20H23N5O2. The van der Waals surface area contributed by atoms with Crippen molar-refractivity contribution in [3.05, 3.63) is 64.9 Å². The summed E-state index contributed by atoms with van der Waals surface area (Å²) in [5, 5.41) is 2.96. The number of nitrogens with zero attached hydrogens (tertiary/aromatic N) is 3. The minimum atomic E-state index is -0.602. The van der Waals surface area contributed by atoms with Crippen molar-refractivity contribution >= 4 is 17.5 Å². The Morgan fingerprint density at radius 3 is 2.59 bits per heavy atom. The highest BCUT2D eigenvalue weighted by Gasteiger charge is 2.17. The number of carbonyl (C=O) groups is 2. The fraction of sp³-hybridized carbons (Fsp3) is 0.300. The van der Waals surface area contributed by atoms with Crippen LogP contribution in [0.15, 0.2) is 36.7 Å². The first-order valence-electron chi connectivity index (χ1n) is 8.91. The fourth-order valence-corrected chi connectivity index (χ4v) is 3.18. The fourth-order valence-electron chi connectivity index (χ4n) is 3.18. The lowest BCUT2D eigenvalue weighted by atomic mass is 10.1. The topological polar surface area (TPSA) is 102 Å². The molecule has 0 spiro atoms. The number of fused-ring (bicyclic) bond motifs is 1. The van der Waals surface area contributed by atoms with Gasteiger partial charge in [0.2, 0.25) is 5.91 Å². The van der Waals surface area contributed by atoms with E-state index in [1.54, 1.807) is 10.7 Å². The minimum Gasteiger partial charge on any atom is -0.364 e. The highest BCUT2D eigenvalue weighted by molar-refractivity contribution is 5.96. The van der Waals surface area contributed by atoms with E-state index >= 15 is 0 Å². The average Bonchev–Trinajstić information content (AvgIpc) is 3.06. The number of aromatic nitrogens is 3. The Bertz CT molecular complexity index is 979. The van der Waals surface area contributed by atoms with Crippen LogP contribution in [-0.4, -0.2) is 32.7 Å². The van der Waals surface area contributed by atoms with E-state index in [0.29, 0.717) is 25.0 Å². The molecule has 0 saturated carbocycles. The lowest BCUT2D eigenvalue weighted by molar-refractivity contribution is -0.121. The Morgan fingerprint density at radius 2 is 1.89 bits per heavy atom. The Morgan fingerprint density at radius 1 is 1.15 bits per heavy atom. The third-order valence-electron chi connectivity index (χ3n) is 4.66. The molecule has 2 amide bonds. The van der Waals surface area contributed by atoms with E-state index in [1.165, 1.54) is 5.56 Å². The Hall–Kier alpha value is -3.22. The van der Waals surface area contributed by atoms with E-state index in [-0.39, 0.29) is 11.6 Å². The molecule has 0 aliphatic heterocycles. The van der Waals surface area contributed by atoms with Gasteiger partial charge < -0.3 is 11.1 Å². The van der Waals surface area contributed by atoms with Gasteiger partial charge in [-0.2, -0.15) is 0 Å². The van der Waals surface area contributed by atoms with Gasteiger partial charge in [0.05, 0.1) is 0 Å². The second-order valence-corrected chi connectivity index (χ2v) is 6.50. The van der Waals surface area contributed by atoms with Crippen LogP contribution >= 0.6 is 0 Å². The van der Waals surface area contributed by atoms with Gasteiger partial charge in [0.1, 0.15) is 6.33 Å². The summed E-state index contributed by atoms with van der Waals surface area (Å²) in [6.45, 7) is 4.41. The molecular weight excluding hydrogens is 342 g/mol. The van der Waals surface area contributed by atoms with E-state index < -0.39 is 5.91 Å². The largest absolute Gasteiger partial charge is 0.364 e. The van der Waals surface area contributed by atoms with Gasteiger partial charge in [0, 0.05) is 24.4 Å². The van der Waals surface area contributed by atoms with Crippen LogP contribution in [0.3, 0.4) is 0 Å². The zero-order chi connectivity index (χ0) is 19.4. The van der Waals surface area contributed by atoms with Gasteiger partial charge >= 0.3 is 0 Å². The van der Waals surface area contributed by atoms with Crippen molar-refractivity contribution < 1.29 is 9.59 Å². The molecule has 2 aromatic heterocycles. The molecule has 0 atom stereocenters. The molecule has 3 aromatic rings. The van der Waals surface area contributed by atoms with E-state index in [2.05, 4.69) is 15.3 Å². The van der Waals surface area contributed by atoms with Gasteiger partial charge in [-0.25, -0.2) is 9.97 Å². The van der Waals surface area contributed by atoms with Crippen LogP contribution in [0.1, 0.15) is 39.4 Å². The number of hydrogen-bond acceptors (Lipinski definition) is 4. The second kappa shape index (κ2) is 7.99. The van der Waals surface area contributed by atoms with Crippen molar-refractivity contribution in [2.45, 2.75) is 33.1 Å². The maximum Gasteiger partial charge on any atom is 0.271 e. The van der Waals surface area contributed by atoms with Gasteiger partial charge in [0.15, 0.2) is 11.3 Å². The number of nitrogens with two attached hydrogens (primary N) is 1. The van der Waals surface area contributed by atoms with Crippen LogP contribution in [-0.2, 0) is 17.6 Å². The molecule has 2 heterocycles. The average molecular weight is 365 g/mol. The number of benzene rings is 1. The molecule has 0 aliphatic rings. The number of amides is 2. The van der Waals surface area contributed by atoms with Crippen molar-refractivity contribution in [1.29, 1.82) is 0 Å². The zero-order valence-corrected chi connectivity index (χ0v) is 15.5.